The van der Waals surface area contributed by atoms with Gasteiger partial charge in [0, 0.05) is 64.7 Å². The van der Waals surface area contributed by atoms with E-state index in [1.165, 1.54) is 42.2 Å². The second kappa shape index (κ2) is 34.5. The number of alkyl halides is 1. The molecular weight excluding hydrogens is 1090 g/mol. The number of nitrogens with one attached hydrogen (secondary N) is 8. The summed E-state index contributed by atoms with van der Waals surface area (Å²) in [5.74, 6) is -2.49. The van der Waals surface area contributed by atoms with Gasteiger partial charge in [0.2, 0.25) is 47.3 Å². The van der Waals surface area contributed by atoms with E-state index in [1.54, 1.807) is 32.8 Å². The Balaban J connectivity index is 0.00000117. The summed E-state index contributed by atoms with van der Waals surface area (Å²) >= 11 is 0. The van der Waals surface area contributed by atoms with Crippen LogP contribution in [0.4, 0.5) is 4.39 Å². The number of piperazine rings is 1. The number of carbonyl (C=O) groups excluding carboxylic acids is 8. The monoisotopic (exact) mass is 1190 g/mol. The van der Waals surface area contributed by atoms with Gasteiger partial charge in [0.1, 0.15) is 24.2 Å². The van der Waals surface area contributed by atoms with Gasteiger partial charge in [-0.05, 0) is 146 Å². The lowest BCUT2D eigenvalue weighted by Gasteiger charge is -2.36. The molecule has 3 heterocycles. The minimum absolute atomic E-state index is 0. The second-order valence-electron chi connectivity index (χ2n) is 24.5. The van der Waals surface area contributed by atoms with Crippen molar-refractivity contribution in [3.8, 4) is 0 Å². The summed E-state index contributed by atoms with van der Waals surface area (Å²) in [6, 6.07) is 10.7. The van der Waals surface area contributed by atoms with Crippen molar-refractivity contribution in [1.29, 1.82) is 0 Å². The van der Waals surface area contributed by atoms with Crippen LogP contribution in [0.5, 0.6) is 0 Å². The summed E-state index contributed by atoms with van der Waals surface area (Å²) in [6.07, 6.45) is 6.92. The van der Waals surface area contributed by atoms with Gasteiger partial charge in [-0.25, -0.2) is 0 Å². The molecule has 1 unspecified atom stereocenters. The number of rotatable bonds is 21. The first kappa shape index (κ1) is 69.2. The lowest BCUT2D eigenvalue weighted by molar-refractivity contribution is -0.144. The standard InChI is InChI=1S/C55H82N10O8.C6H14N2.CH3F.H3P/c1-33-29-44(51(70)60-41-23-13-19-36-17-9-11-21-39(36)41)64(31-33)53(72)43(62-49(68)34(2)56-7)25-16-28-58-46(66)26-15-27-47(67)59-38-30-45(52(71)61-42-24-14-20-37-18-10-12-22-40(37)42)65(32-38)54(73)48(55(4,5)6)63-50(69)35(3)57-8;1-7-3-5-8(2)6-4-7;1-2;/h9-12,17-18,21-22,33-35,38,41-45,48,56-57H,13-16,19-20,23-32H2,1-8H3,(H,58,66)(H,59,67)(H,60,70)(H,61,71)(H,62,68)(H,63,69);3-6H2,1-2H3;1H3;1H3/t33-,34-,35-,38-,41+,42+,43-,44-,45-,48+;;;/m0.../s1/i;;1D;. The normalized spacial score (nSPS) is 22.8. The van der Waals surface area contributed by atoms with Crippen molar-refractivity contribution in [2.75, 3.05) is 81.2 Å². The highest BCUT2D eigenvalue weighted by Gasteiger charge is 2.46. The minimum Gasteiger partial charge on any atom is -0.356 e. The zero-order valence-corrected chi connectivity index (χ0v) is 53.3. The number of likely N-dealkylation sites (N-methyl/N-ethyl adjacent to an activating group) is 4. The fourth-order valence-electron chi connectivity index (χ4n) is 11.7. The molecule has 0 aromatic heterocycles. The van der Waals surface area contributed by atoms with Crippen molar-refractivity contribution >= 4 is 57.2 Å². The molecule has 2 aliphatic carbocycles. The Labute approximate surface area is 504 Å². The molecule has 0 radical (unpaired) electrons. The summed E-state index contributed by atoms with van der Waals surface area (Å²) in [7, 11) is 6.66. The Hall–Kier alpha value is -5.60. The van der Waals surface area contributed by atoms with Gasteiger partial charge in [-0.15, -0.1) is 0 Å². The molecule has 11 atom stereocenters. The summed E-state index contributed by atoms with van der Waals surface area (Å²) in [4.78, 5) is 117. The van der Waals surface area contributed by atoms with Crippen molar-refractivity contribution in [3.05, 3.63) is 70.8 Å². The maximum Gasteiger partial charge on any atom is 0.246 e. The average molecular weight is 1190 g/mol. The Morgan fingerprint density at radius 1 is 0.667 bits per heavy atom. The molecular formula is C62H102FN12O8P. The molecule has 0 bridgehead atoms. The number of halogens is 1. The fraction of sp³-hybridized carbons (Fsp3) is 0.677. The molecule has 3 fully saturated rings. The molecule has 2 aromatic carbocycles. The number of likely N-dealkylation sites (tertiary alicyclic amines) is 2. The van der Waals surface area contributed by atoms with Crippen LogP contribution >= 0.6 is 9.90 Å². The molecule has 470 valence electrons. The van der Waals surface area contributed by atoms with Crippen LogP contribution in [0.2, 0.25) is 0 Å². The number of hydrogen-bond acceptors (Lipinski definition) is 12. The highest BCUT2D eigenvalue weighted by molar-refractivity contribution is 6.92. The molecule has 3 aliphatic heterocycles. The van der Waals surface area contributed by atoms with Crippen LogP contribution < -0.4 is 42.5 Å². The molecule has 22 heteroatoms. The quantitative estimate of drug-likeness (QED) is 0.0662. The first-order chi connectivity index (χ1) is 40.0. The summed E-state index contributed by atoms with van der Waals surface area (Å²) in [5, 5.41) is 24.0. The Bertz CT molecular complexity index is 2510. The molecule has 84 heavy (non-hydrogen) atoms. The van der Waals surface area contributed by atoms with Crippen molar-refractivity contribution in [2.24, 2.45) is 11.3 Å². The van der Waals surface area contributed by atoms with Gasteiger partial charge >= 0.3 is 0 Å². The second-order valence-corrected chi connectivity index (χ2v) is 24.5. The molecule has 3 saturated heterocycles. The first-order valence-corrected chi connectivity index (χ1v) is 30.1. The molecule has 0 spiro atoms. The fourth-order valence-corrected chi connectivity index (χ4v) is 11.7. The van der Waals surface area contributed by atoms with Gasteiger partial charge in [0.15, 0.2) is 0 Å². The number of aryl methyl sites for hydroxylation is 2. The SMILES string of the molecule is CN1CCN(C)CC1.CN[C@@H](C)C(=O)N[C@@H](CCCNC(=O)CCCC(=O)N[C@H]1C[C@@H](C(=O)N[C@@H]2CCCc3ccccc32)N(C(=O)[C@@H](NC(=O)[C@H](C)NC)C(C)(C)C)C1)C(=O)N1C[C@@H](C)C[C@H]1C(=O)N[C@@H]1CCCc2ccccc21.P.[2H]CF. The van der Waals surface area contributed by atoms with Crippen LogP contribution in [0.15, 0.2) is 48.5 Å². The minimum atomic E-state index is -1.00. The topological polar surface area (TPSA) is 246 Å². The zero-order chi connectivity index (χ0) is 61.7. The van der Waals surface area contributed by atoms with E-state index in [9.17, 15) is 42.7 Å². The number of fused-ring (bicyclic) bond motifs is 2. The van der Waals surface area contributed by atoms with E-state index in [2.05, 4.69) is 84.6 Å². The van der Waals surface area contributed by atoms with E-state index >= 15 is 0 Å². The van der Waals surface area contributed by atoms with Crippen molar-refractivity contribution in [1.82, 2.24) is 62.1 Å². The molecule has 20 nitrogen and oxygen atoms in total. The van der Waals surface area contributed by atoms with E-state index in [-0.39, 0.29) is 114 Å². The average Bonchev–Trinajstić information content (AvgIpc) is 3.96. The lowest BCUT2D eigenvalue weighted by atomic mass is 9.85. The van der Waals surface area contributed by atoms with Gasteiger partial charge in [0.25, 0.3) is 0 Å². The van der Waals surface area contributed by atoms with Crippen molar-refractivity contribution in [3.63, 3.8) is 0 Å². The summed E-state index contributed by atoms with van der Waals surface area (Å²) < 4.78 is 15.5. The number of hydrogen-bond donors (Lipinski definition) is 8. The van der Waals surface area contributed by atoms with Crippen molar-refractivity contribution < 1.29 is 44.1 Å². The Morgan fingerprint density at radius 2 is 1.14 bits per heavy atom. The number of nitrogens with zero attached hydrogens (tertiary/aromatic N) is 4. The van der Waals surface area contributed by atoms with E-state index in [0.717, 1.165) is 49.7 Å². The Kier molecular flexibility index (Phi) is 28.4. The molecule has 8 amide bonds. The molecule has 8 N–H and O–H groups in total. The predicted octanol–water partition coefficient (Wildman–Crippen LogP) is 3.50. The van der Waals surface area contributed by atoms with E-state index < -0.39 is 60.8 Å². The Morgan fingerprint density at radius 3 is 1.65 bits per heavy atom. The summed E-state index contributed by atoms with van der Waals surface area (Å²) in [6.45, 7) is 16.6. The number of amides is 8. The number of carbonyl (C=O) groups is 8. The van der Waals surface area contributed by atoms with E-state index in [1.807, 2.05) is 58.0 Å². The summed E-state index contributed by atoms with van der Waals surface area (Å²) in [5.41, 5.74) is 3.86. The van der Waals surface area contributed by atoms with Crippen LogP contribution in [0.25, 0.3) is 0 Å². The van der Waals surface area contributed by atoms with Crippen LogP contribution in [0.3, 0.4) is 0 Å². The lowest BCUT2D eigenvalue weighted by Crippen LogP contribution is -2.59. The number of benzene rings is 2. The van der Waals surface area contributed by atoms with Crippen LogP contribution in [0.1, 0.15) is 148 Å². The van der Waals surface area contributed by atoms with Crippen LogP contribution in [0, 0.1) is 11.3 Å². The van der Waals surface area contributed by atoms with E-state index in [0.29, 0.717) is 19.4 Å². The smallest absolute Gasteiger partial charge is 0.246 e. The maximum atomic E-state index is 14.5. The zero-order valence-electron chi connectivity index (χ0n) is 52.9. The van der Waals surface area contributed by atoms with Gasteiger partial charge in [0.05, 0.1) is 32.7 Å². The molecule has 0 saturated carbocycles. The van der Waals surface area contributed by atoms with E-state index in [4.69, 9.17) is 1.37 Å². The molecule has 7 rings (SSSR count). The van der Waals surface area contributed by atoms with Crippen LogP contribution in [-0.2, 0) is 51.2 Å². The highest BCUT2D eigenvalue weighted by Crippen LogP contribution is 2.33. The third-order valence-corrected chi connectivity index (χ3v) is 16.9. The molecule has 2 aromatic rings. The van der Waals surface area contributed by atoms with Gasteiger partial charge in [-0.2, -0.15) is 9.90 Å². The van der Waals surface area contributed by atoms with Gasteiger partial charge in [-0.1, -0.05) is 76.2 Å². The predicted molar refractivity (Wildman–Crippen MR) is 331 cm³/mol. The first-order valence-electron chi connectivity index (χ1n) is 30.8. The third-order valence-electron chi connectivity index (χ3n) is 16.9. The van der Waals surface area contributed by atoms with Crippen LogP contribution in [-0.4, -0.2) is 190 Å². The van der Waals surface area contributed by atoms with Gasteiger partial charge < -0.3 is 62.1 Å². The van der Waals surface area contributed by atoms with Gasteiger partial charge in [-0.3, -0.25) is 42.7 Å². The maximum absolute atomic E-state index is 14.5. The van der Waals surface area contributed by atoms with Crippen molar-refractivity contribution in [2.45, 2.75) is 179 Å². The largest absolute Gasteiger partial charge is 0.356 e. The molecule has 5 aliphatic rings. The third kappa shape index (κ3) is 20.5. The highest BCUT2D eigenvalue weighted by atomic mass is 31.0.